The Bertz CT molecular complexity index is 530. The molecule has 2 aromatic carbocycles. The van der Waals surface area contributed by atoms with Crippen LogP contribution in [0.15, 0.2) is 36.4 Å². The van der Waals surface area contributed by atoms with Gasteiger partial charge >= 0.3 is 0 Å². The van der Waals surface area contributed by atoms with Gasteiger partial charge in [0.15, 0.2) is 0 Å². The second-order valence-corrected chi connectivity index (χ2v) is 4.02. The quantitative estimate of drug-likeness (QED) is 0.845. The highest BCUT2D eigenvalue weighted by Crippen LogP contribution is 2.26. The third-order valence-electron chi connectivity index (χ3n) is 2.64. The van der Waals surface area contributed by atoms with Crippen molar-refractivity contribution in [3.63, 3.8) is 0 Å². The van der Waals surface area contributed by atoms with Crippen molar-refractivity contribution in [1.29, 1.82) is 0 Å². The zero-order chi connectivity index (χ0) is 12.4. The van der Waals surface area contributed by atoms with Gasteiger partial charge in [0, 0.05) is 6.54 Å². The smallest absolute Gasteiger partial charge is 0.124 e. The van der Waals surface area contributed by atoms with Crippen molar-refractivity contribution in [2.24, 2.45) is 5.73 Å². The number of rotatable bonds is 2. The fourth-order valence-corrected chi connectivity index (χ4v) is 1.89. The Morgan fingerprint density at radius 1 is 1.00 bits per heavy atom. The lowest BCUT2D eigenvalue weighted by Crippen LogP contribution is -1.99. The van der Waals surface area contributed by atoms with Gasteiger partial charge in [0.05, 0.1) is 0 Å². The third kappa shape index (κ3) is 2.50. The van der Waals surface area contributed by atoms with E-state index in [1.54, 1.807) is 13.0 Å². The Hall–Kier alpha value is -1.74. The molecule has 0 saturated carbocycles. The first-order valence-electron chi connectivity index (χ1n) is 5.36. The molecule has 2 aromatic rings. The van der Waals surface area contributed by atoms with Crippen molar-refractivity contribution in [3.05, 3.63) is 59.2 Å². The van der Waals surface area contributed by atoms with Crippen molar-refractivity contribution in [2.75, 3.05) is 0 Å². The van der Waals surface area contributed by atoms with Crippen molar-refractivity contribution < 1.29 is 8.78 Å². The summed E-state index contributed by atoms with van der Waals surface area (Å²) < 4.78 is 26.6. The average molecular weight is 233 g/mol. The van der Waals surface area contributed by atoms with E-state index >= 15 is 0 Å². The Balaban J connectivity index is 2.62. The largest absolute Gasteiger partial charge is 0.326 e. The van der Waals surface area contributed by atoms with Gasteiger partial charge in [0.2, 0.25) is 0 Å². The molecule has 0 bridgehead atoms. The molecule has 3 heteroatoms. The van der Waals surface area contributed by atoms with Crippen LogP contribution >= 0.6 is 0 Å². The maximum Gasteiger partial charge on any atom is 0.124 e. The summed E-state index contributed by atoms with van der Waals surface area (Å²) >= 11 is 0. The molecule has 0 atom stereocenters. The molecular formula is C14H13F2N. The van der Waals surface area contributed by atoms with Gasteiger partial charge in [-0.05, 0) is 53.4 Å². The van der Waals surface area contributed by atoms with E-state index in [0.717, 1.165) is 11.1 Å². The van der Waals surface area contributed by atoms with Crippen LogP contribution < -0.4 is 5.73 Å². The van der Waals surface area contributed by atoms with Gasteiger partial charge < -0.3 is 5.73 Å². The van der Waals surface area contributed by atoms with E-state index in [1.807, 2.05) is 6.07 Å². The highest BCUT2D eigenvalue weighted by Gasteiger charge is 2.07. The van der Waals surface area contributed by atoms with Crippen LogP contribution in [0.3, 0.4) is 0 Å². The highest BCUT2D eigenvalue weighted by atomic mass is 19.1. The summed E-state index contributed by atoms with van der Waals surface area (Å²) in [5.74, 6) is -0.675. The second kappa shape index (κ2) is 4.63. The minimum absolute atomic E-state index is 0.297. The lowest BCUT2D eigenvalue weighted by Gasteiger charge is -2.09. The molecule has 17 heavy (non-hydrogen) atoms. The van der Waals surface area contributed by atoms with Crippen molar-refractivity contribution in [1.82, 2.24) is 0 Å². The predicted octanol–water partition coefficient (Wildman–Crippen LogP) is 3.40. The number of halogens is 2. The lowest BCUT2D eigenvalue weighted by atomic mass is 9.98. The minimum atomic E-state index is -0.348. The monoisotopic (exact) mass is 233 g/mol. The molecule has 1 nitrogen and oxygen atoms in total. The van der Waals surface area contributed by atoms with Gasteiger partial charge in [-0.25, -0.2) is 8.78 Å². The number of aryl methyl sites for hydroxylation is 1. The van der Waals surface area contributed by atoms with E-state index in [9.17, 15) is 8.78 Å². The number of hydrogen-bond donors (Lipinski definition) is 1. The maximum atomic E-state index is 13.3. The highest BCUT2D eigenvalue weighted by molar-refractivity contribution is 5.68. The summed E-state index contributed by atoms with van der Waals surface area (Å²) in [4.78, 5) is 0. The molecule has 88 valence electrons. The fourth-order valence-electron chi connectivity index (χ4n) is 1.89. The second-order valence-electron chi connectivity index (χ2n) is 4.02. The molecule has 2 rings (SSSR count). The first-order valence-corrected chi connectivity index (χ1v) is 5.36. The molecule has 0 heterocycles. The van der Waals surface area contributed by atoms with Crippen LogP contribution in [0.25, 0.3) is 11.1 Å². The molecule has 2 N–H and O–H groups in total. The molecule has 0 unspecified atom stereocenters. The number of nitrogens with two attached hydrogens (primary N) is 1. The summed E-state index contributed by atoms with van der Waals surface area (Å²) in [6.45, 7) is 2.10. The Kier molecular flexibility index (Phi) is 3.20. The molecule has 0 saturated heterocycles. The average Bonchev–Trinajstić information content (AvgIpc) is 2.27. The van der Waals surface area contributed by atoms with Crippen LogP contribution in [0.4, 0.5) is 8.78 Å². The van der Waals surface area contributed by atoms with Crippen LogP contribution in [-0.4, -0.2) is 0 Å². The van der Waals surface area contributed by atoms with Crippen LogP contribution in [-0.2, 0) is 6.54 Å². The summed E-state index contributed by atoms with van der Waals surface area (Å²) in [5, 5.41) is 0. The summed E-state index contributed by atoms with van der Waals surface area (Å²) in [5.41, 5.74) is 8.50. The Labute approximate surface area is 98.9 Å². The van der Waals surface area contributed by atoms with Crippen molar-refractivity contribution >= 4 is 0 Å². The zero-order valence-electron chi connectivity index (χ0n) is 9.50. The molecule has 0 radical (unpaired) electrons. The topological polar surface area (TPSA) is 26.0 Å². The molecule has 0 fully saturated rings. The van der Waals surface area contributed by atoms with E-state index in [-0.39, 0.29) is 11.6 Å². The van der Waals surface area contributed by atoms with Gasteiger partial charge in [-0.15, -0.1) is 0 Å². The van der Waals surface area contributed by atoms with E-state index in [2.05, 4.69) is 0 Å². The fraction of sp³-hybridized carbons (Fsp3) is 0.143. The molecule has 0 amide bonds. The van der Waals surface area contributed by atoms with Crippen molar-refractivity contribution in [3.8, 4) is 11.1 Å². The Morgan fingerprint density at radius 2 is 1.76 bits per heavy atom. The van der Waals surface area contributed by atoms with E-state index in [0.29, 0.717) is 17.7 Å². The molecule has 0 aliphatic rings. The maximum absolute atomic E-state index is 13.3. The Morgan fingerprint density at radius 3 is 2.41 bits per heavy atom. The van der Waals surface area contributed by atoms with E-state index in [1.165, 1.54) is 24.3 Å². The van der Waals surface area contributed by atoms with Gasteiger partial charge in [-0.3, -0.25) is 0 Å². The van der Waals surface area contributed by atoms with E-state index < -0.39 is 0 Å². The normalized spacial score (nSPS) is 10.6. The van der Waals surface area contributed by atoms with Crippen LogP contribution in [0.5, 0.6) is 0 Å². The predicted molar refractivity (Wildman–Crippen MR) is 64.4 cm³/mol. The number of benzene rings is 2. The lowest BCUT2D eigenvalue weighted by molar-refractivity contribution is 0.624. The molecule has 0 aliphatic carbocycles. The van der Waals surface area contributed by atoms with Gasteiger partial charge in [0.1, 0.15) is 11.6 Å². The molecular weight excluding hydrogens is 220 g/mol. The van der Waals surface area contributed by atoms with Gasteiger partial charge in [-0.2, -0.15) is 0 Å². The first-order chi connectivity index (χ1) is 8.10. The zero-order valence-corrected chi connectivity index (χ0v) is 9.50. The van der Waals surface area contributed by atoms with Gasteiger partial charge in [0.25, 0.3) is 0 Å². The van der Waals surface area contributed by atoms with Gasteiger partial charge in [-0.1, -0.05) is 12.1 Å². The molecule has 0 aromatic heterocycles. The van der Waals surface area contributed by atoms with Crippen LogP contribution in [0, 0.1) is 18.6 Å². The summed E-state index contributed by atoms with van der Waals surface area (Å²) in [6, 6.07) is 9.02. The first kappa shape index (κ1) is 11.7. The molecule has 0 aliphatic heterocycles. The number of hydrogen-bond acceptors (Lipinski definition) is 1. The standard InChI is InChI=1S/C14H13F2N/c1-9-4-11(6-13(16)5-9)14-7-12(15)3-2-10(14)8-17/h2-7H,8,17H2,1H3. The summed E-state index contributed by atoms with van der Waals surface area (Å²) in [6.07, 6.45) is 0. The third-order valence-corrected chi connectivity index (χ3v) is 2.64. The minimum Gasteiger partial charge on any atom is -0.326 e. The molecule has 0 spiro atoms. The van der Waals surface area contributed by atoms with Crippen LogP contribution in [0.2, 0.25) is 0 Å². The SMILES string of the molecule is Cc1cc(F)cc(-c2cc(F)ccc2CN)c1. The summed E-state index contributed by atoms with van der Waals surface area (Å²) in [7, 11) is 0. The van der Waals surface area contributed by atoms with Crippen LogP contribution in [0.1, 0.15) is 11.1 Å². The van der Waals surface area contributed by atoms with E-state index in [4.69, 9.17) is 5.73 Å². The van der Waals surface area contributed by atoms with Crippen molar-refractivity contribution in [2.45, 2.75) is 13.5 Å².